The number of halogens is 1. The summed E-state index contributed by atoms with van der Waals surface area (Å²) in [4.78, 5) is 28.7. The number of hydrogen-bond acceptors (Lipinski definition) is 4. The van der Waals surface area contributed by atoms with Gasteiger partial charge < -0.3 is 8.97 Å². The second-order valence-electron chi connectivity index (χ2n) is 12.2. The fraction of sp³-hybridized carbons (Fsp3) is 0.680. The van der Waals surface area contributed by atoms with Crippen LogP contribution in [-0.4, -0.2) is 50.9 Å². The van der Waals surface area contributed by atoms with E-state index >= 15 is 0 Å². The number of likely N-dealkylation sites (tertiary alicyclic amines) is 1. The van der Waals surface area contributed by atoms with E-state index in [1.54, 1.807) is 4.90 Å². The Morgan fingerprint density at radius 3 is 2.15 bits per heavy atom. The van der Waals surface area contributed by atoms with Gasteiger partial charge in [0.05, 0.1) is 5.02 Å². The molecule has 1 atom stereocenters. The van der Waals surface area contributed by atoms with Crippen molar-refractivity contribution in [2.45, 2.75) is 104 Å². The third-order valence-electron chi connectivity index (χ3n) is 5.98. The van der Waals surface area contributed by atoms with E-state index in [2.05, 4.69) is 50.4 Å². The van der Waals surface area contributed by atoms with Gasteiger partial charge in [0.15, 0.2) is 5.78 Å². The molecule has 1 amide bonds. The lowest BCUT2D eigenvalue weighted by molar-refractivity contribution is 0.00733. The molecule has 1 aromatic rings. The molecular formula is C25H43ClN2O3Si2. The summed E-state index contributed by atoms with van der Waals surface area (Å²) in [6, 6.07) is 5.73. The summed E-state index contributed by atoms with van der Waals surface area (Å²) in [5.74, 6) is -0.0336. The maximum Gasteiger partial charge on any atom is 0.411 e. The molecule has 1 aliphatic rings. The summed E-state index contributed by atoms with van der Waals surface area (Å²) >= 11 is 6.84. The van der Waals surface area contributed by atoms with Crippen LogP contribution in [0, 0.1) is 0 Å². The third kappa shape index (κ3) is 6.22. The molecule has 1 aliphatic heterocycles. The van der Waals surface area contributed by atoms with Crippen molar-refractivity contribution in [2.75, 3.05) is 10.8 Å². The van der Waals surface area contributed by atoms with Crippen molar-refractivity contribution >= 4 is 45.6 Å². The van der Waals surface area contributed by atoms with Crippen molar-refractivity contribution in [2.24, 2.45) is 0 Å². The molecule has 0 bridgehead atoms. The fourth-order valence-electron chi connectivity index (χ4n) is 5.31. The van der Waals surface area contributed by atoms with Crippen molar-refractivity contribution in [1.82, 2.24) is 4.90 Å². The lowest BCUT2D eigenvalue weighted by atomic mass is 9.83. The Morgan fingerprint density at radius 2 is 1.70 bits per heavy atom. The molecule has 0 radical (unpaired) electrons. The van der Waals surface area contributed by atoms with Gasteiger partial charge in [-0.15, -0.1) is 0 Å². The highest BCUT2D eigenvalue weighted by atomic mass is 35.5. The zero-order chi connectivity index (χ0) is 25.4. The van der Waals surface area contributed by atoms with Crippen LogP contribution in [0.3, 0.4) is 0 Å². The third-order valence-corrected chi connectivity index (χ3v) is 13.5. The van der Waals surface area contributed by atoms with Crippen LogP contribution in [0.2, 0.25) is 44.3 Å². The number of nitrogens with zero attached hydrogens (tertiary/aromatic N) is 2. The van der Waals surface area contributed by atoms with Crippen molar-refractivity contribution in [3.8, 4) is 0 Å². The molecule has 0 spiro atoms. The van der Waals surface area contributed by atoms with E-state index in [0.29, 0.717) is 30.0 Å². The molecular weight excluding hydrogens is 468 g/mol. The number of amides is 1. The first kappa shape index (κ1) is 27.9. The van der Waals surface area contributed by atoms with E-state index in [4.69, 9.17) is 16.3 Å². The molecule has 33 heavy (non-hydrogen) atoms. The first-order valence-corrected chi connectivity index (χ1v) is 19.4. The lowest BCUT2D eigenvalue weighted by Gasteiger charge is -2.46. The van der Waals surface area contributed by atoms with Gasteiger partial charge in [-0.25, -0.2) is 4.79 Å². The molecule has 0 saturated carbocycles. The number of benzene rings is 1. The Morgan fingerprint density at radius 1 is 1.12 bits per heavy atom. The smallest absolute Gasteiger partial charge is 0.411 e. The van der Waals surface area contributed by atoms with Crippen LogP contribution < -0.4 is 4.23 Å². The highest BCUT2D eigenvalue weighted by Gasteiger charge is 2.50. The van der Waals surface area contributed by atoms with E-state index in [9.17, 15) is 9.59 Å². The molecule has 0 aliphatic carbocycles. The molecule has 0 N–H and O–H groups in total. The number of anilines is 1. The average molecular weight is 511 g/mol. The number of ketones is 1. The lowest BCUT2D eigenvalue weighted by Crippen LogP contribution is -2.59. The minimum atomic E-state index is -1.68. The monoisotopic (exact) mass is 510 g/mol. The summed E-state index contributed by atoms with van der Waals surface area (Å²) in [6.07, 6.45) is 2.44. The number of rotatable bonds is 7. The predicted octanol–water partition coefficient (Wildman–Crippen LogP) is 7.57. The minimum absolute atomic E-state index is 0.0336. The van der Waals surface area contributed by atoms with Crippen LogP contribution in [0.5, 0.6) is 0 Å². The zero-order valence-electron chi connectivity index (χ0n) is 22.3. The number of carbonyl (C=O) groups is 2. The van der Waals surface area contributed by atoms with Gasteiger partial charge in [-0.2, -0.15) is 0 Å². The van der Waals surface area contributed by atoms with Crippen LogP contribution in [-0.2, 0) is 4.74 Å². The van der Waals surface area contributed by atoms with Gasteiger partial charge in [-0.1, -0.05) is 64.2 Å². The van der Waals surface area contributed by atoms with E-state index in [1.807, 2.05) is 39.0 Å². The molecule has 8 heteroatoms. The van der Waals surface area contributed by atoms with E-state index in [1.165, 1.54) is 0 Å². The molecule has 0 aromatic heterocycles. The highest BCUT2D eigenvalue weighted by Crippen LogP contribution is 2.40. The quantitative estimate of drug-likeness (QED) is 0.280. The number of hydrogen-bond donors (Lipinski definition) is 0. The summed E-state index contributed by atoms with van der Waals surface area (Å²) in [5.41, 5.74) is 0.104. The normalized spacial score (nSPS) is 19.5. The molecule has 5 nitrogen and oxygen atoms in total. The van der Waals surface area contributed by atoms with Crippen molar-refractivity contribution < 1.29 is 14.3 Å². The number of carbonyl (C=O) groups excluding carboxylic acids is 2. The number of Topliss-reactive ketones (excluding diaryl/α,β-unsaturated/α-hetero) is 1. The van der Waals surface area contributed by atoms with E-state index in [0.717, 1.165) is 18.5 Å². The Labute approximate surface area is 208 Å². The Bertz CT molecular complexity index is 873. The highest BCUT2D eigenvalue weighted by molar-refractivity contribution is 6.99. The maximum atomic E-state index is 14.0. The largest absolute Gasteiger partial charge is 0.444 e. The van der Waals surface area contributed by atoms with Crippen LogP contribution in [0.15, 0.2) is 18.2 Å². The Balaban J connectivity index is 2.49. The van der Waals surface area contributed by atoms with Gasteiger partial charge in [-0.3, -0.25) is 9.69 Å². The van der Waals surface area contributed by atoms with Gasteiger partial charge in [0, 0.05) is 17.8 Å². The molecule has 1 fully saturated rings. The maximum absolute atomic E-state index is 14.0. The van der Waals surface area contributed by atoms with Crippen LogP contribution >= 0.6 is 11.6 Å². The zero-order valence-corrected chi connectivity index (χ0v) is 25.0. The van der Waals surface area contributed by atoms with E-state index in [-0.39, 0.29) is 5.78 Å². The minimum Gasteiger partial charge on any atom is -0.444 e. The van der Waals surface area contributed by atoms with Crippen LogP contribution in [0.4, 0.5) is 10.5 Å². The topological polar surface area (TPSA) is 49.9 Å². The molecule has 1 aromatic carbocycles. The van der Waals surface area contributed by atoms with Gasteiger partial charge >= 0.3 is 6.09 Å². The first-order valence-electron chi connectivity index (χ1n) is 12.1. The van der Waals surface area contributed by atoms with Gasteiger partial charge in [0.1, 0.15) is 27.6 Å². The second-order valence-corrected chi connectivity index (χ2v) is 22.6. The summed E-state index contributed by atoms with van der Waals surface area (Å²) in [6.45, 7) is 22.1. The number of ether oxygens (including phenoxy) is 1. The molecule has 2 rings (SSSR count). The average Bonchev–Trinajstić information content (AvgIpc) is 3.04. The fourth-order valence-corrected chi connectivity index (χ4v) is 15.6. The van der Waals surface area contributed by atoms with E-state index < -0.39 is 33.7 Å². The standard InChI is InChI=1S/C25H43ClN2O3Si2/c1-11-15-25(16-12-17-27(25)23(30)31-24(2,3)4)22(29)19-13-14-21(20(26)18-19)28(32(5,6)7)33(8,9)10/h13-14,18H,11-12,15-17H2,1-10H3. The second kappa shape index (κ2) is 9.74. The molecule has 1 heterocycles. The Kier molecular flexibility index (Phi) is 8.24. The first-order chi connectivity index (χ1) is 14.9. The van der Waals surface area contributed by atoms with Crippen LogP contribution in [0.25, 0.3) is 0 Å². The van der Waals surface area contributed by atoms with Crippen molar-refractivity contribution in [3.05, 3.63) is 28.8 Å². The van der Waals surface area contributed by atoms with Gasteiger partial charge in [0.25, 0.3) is 0 Å². The van der Waals surface area contributed by atoms with Crippen LogP contribution in [0.1, 0.15) is 63.7 Å². The molecule has 1 saturated heterocycles. The predicted molar refractivity (Wildman–Crippen MR) is 145 cm³/mol. The van der Waals surface area contributed by atoms with Crippen molar-refractivity contribution in [3.63, 3.8) is 0 Å². The summed E-state index contributed by atoms with van der Waals surface area (Å²) < 4.78 is 8.23. The van der Waals surface area contributed by atoms with Gasteiger partial charge in [0.2, 0.25) is 0 Å². The molecule has 186 valence electrons. The van der Waals surface area contributed by atoms with Gasteiger partial charge in [-0.05, 0) is 58.2 Å². The van der Waals surface area contributed by atoms with Crippen molar-refractivity contribution in [1.29, 1.82) is 0 Å². The molecule has 1 unspecified atom stereocenters. The Hall–Kier alpha value is -1.32. The summed E-state index contributed by atoms with van der Waals surface area (Å²) in [5, 5.41) is 0.610. The summed E-state index contributed by atoms with van der Waals surface area (Å²) in [7, 11) is -3.37. The SMILES string of the molecule is CCCC1(C(=O)c2ccc(N([Si](C)(C)C)[Si](C)(C)C)c(Cl)c2)CCCN1C(=O)OC(C)(C)C.